The standard InChI is InChI=1S/C21H20N6O2/c1-13-8-14(2)19(15(3)9-13)20(28)21(29)23-16-10-22-26(11-16)12-27-18-7-5-4-6-17(18)24-25-27/h4-11H,12H2,1-3H3,(H,23,29). The zero-order chi connectivity index (χ0) is 20.5. The van der Waals surface area contributed by atoms with E-state index in [1.807, 2.05) is 57.2 Å². The van der Waals surface area contributed by atoms with Crippen LogP contribution in [0.5, 0.6) is 0 Å². The van der Waals surface area contributed by atoms with Crippen molar-refractivity contribution >= 4 is 28.4 Å². The average molecular weight is 388 g/mol. The predicted octanol–water partition coefficient (Wildman–Crippen LogP) is 2.88. The summed E-state index contributed by atoms with van der Waals surface area (Å²) in [6.45, 7) is 5.96. The van der Waals surface area contributed by atoms with Gasteiger partial charge in [0.2, 0.25) is 0 Å². The number of nitrogens with zero attached hydrogens (tertiary/aromatic N) is 5. The molecule has 1 N–H and O–H groups in total. The molecule has 2 aromatic heterocycles. The third kappa shape index (κ3) is 3.64. The Hall–Kier alpha value is -3.81. The van der Waals surface area contributed by atoms with E-state index in [4.69, 9.17) is 0 Å². The molecule has 4 rings (SSSR count). The monoisotopic (exact) mass is 388 g/mol. The van der Waals surface area contributed by atoms with E-state index in [9.17, 15) is 9.59 Å². The van der Waals surface area contributed by atoms with Crippen molar-refractivity contribution in [2.45, 2.75) is 27.4 Å². The van der Waals surface area contributed by atoms with Crippen LogP contribution in [-0.2, 0) is 11.5 Å². The fraction of sp³-hybridized carbons (Fsp3) is 0.190. The topological polar surface area (TPSA) is 94.7 Å². The number of carbonyl (C=O) groups excluding carboxylic acids is 2. The molecule has 0 radical (unpaired) electrons. The lowest BCUT2D eigenvalue weighted by Crippen LogP contribution is -2.24. The first-order chi connectivity index (χ1) is 13.9. The zero-order valence-corrected chi connectivity index (χ0v) is 16.4. The van der Waals surface area contributed by atoms with Crippen molar-refractivity contribution < 1.29 is 9.59 Å². The van der Waals surface area contributed by atoms with Gasteiger partial charge in [0, 0.05) is 5.56 Å². The number of carbonyl (C=O) groups is 2. The van der Waals surface area contributed by atoms with E-state index in [2.05, 4.69) is 20.7 Å². The minimum absolute atomic E-state index is 0.334. The second-order valence-electron chi connectivity index (χ2n) is 7.04. The molecule has 4 aromatic rings. The van der Waals surface area contributed by atoms with Gasteiger partial charge in [-0.25, -0.2) is 9.36 Å². The lowest BCUT2D eigenvalue weighted by molar-refractivity contribution is -0.112. The molecule has 1 amide bonds. The number of nitrogens with one attached hydrogen (secondary N) is 1. The van der Waals surface area contributed by atoms with Gasteiger partial charge >= 0.3 is 0 Å². The number of amides is 1. The minimum atomic E-state index is -0.689. The summed E-state index contributed by atoms with van der Waals surface area (Å²) in [6.07, 6.45) is 3.15. The highest BCUT2D eigenvalue weighted by molar-refractivity contribution is 6.47. The fourth-order valence-corrected chi connectivity index (χ4v) is 3.50. The highest BCUT2D eigenvalue weighted by Crippen LogP contribution is 2.18. The first-order valence-corrected chi connectivity index (χ1v) is 9.16. The van der Waals surface area contributed by atoms with E-state index < -0.39 is 11.7 Å². The molecule has 2 heterocycles. The maximum absolute atomic E-state index is 12.6. The summed E-state index contributed by atoms with van der Waals surface area (Å²) in [6, 6.07) is 11.4. The average Bonchev–Trinajstić information content (AvgIpc) is 3.28. The molecule has 2 aromatic carbocycles. The van der Waals surface area contributed by atoms with Crippen LogP contribution in [0.15, 0.2) is 48.8 Å². The molecule has 0 saturated carbocycles. The van der Waals surface area contributed by atoms with Gasteiger partial charge in [-0.15, -0.1) is 5.10 Å². The smallest absolute Gasteiger partial charge is 0.296 e. The molecule has 146 valence electrons. The van der Waals surface area contributed by atoms with Crippen LogP contribution in [0.3, 0.4) is 0 Å². The molecule has 0 saturated heterocycles. The summed E-state index contributed by atoms with van der Waals surface area (Å²) < 4.78 is 3.32. The van der Waals surface area contributed by atoms with Crippen molar-refractivity contribution in [1.82, 2.24) is 24.8 Å². The summed E-state index contributed by atoms with van der Waals surface area (Å²) in [7, 11) is 0. The van der Waals surface area contributed by atoms with E-state index >= 15 is 0 Å². The Morgan fingerprint density at radius 2 is 1.79 bits per heavy atom. The Bertz CT molecular complexity index is 1210. The van der Waals surface area contributed by atoms with Gasteiger partial charge in [0.15, 0.2) is 0 Å². The Kier molecular flexibility index (Phi) is 4.67. The van der Waals surface area contributed by atoms with Gasteiger partial charge in [-0.3, -0.25) is 9.59 Å². The van der Waals surface area contributed by atoms with Gasteiger partial charge < -0.3 is 5.32 Å². The highest BCUT2D eigenvalue weighted by atomic mass is 16.2. The molecule has 29 heavy (non-hydrogen) atoms. The number of ketones is 1. The fourth-order valence-electron chi connectivity index (χ4n) is 3.50. The number of aromatic nitrogens is 5. The molecule has 0 aliphatic rings. The van der Waals surface area contributed by atoms with Gasteiger partial charge in [-0.1, -0.05) is 35.0 Å². The lowest BCUT2D eigenvalue weighted by Gasteiger charge is -2.10. The molecule has 0 unspecified atom stereocenters. The largest absolute Gasteiger partial charge is 0.316 e. The summed E-state index contributed by atoms with van der Waals surface area (Å²) in [5, 5.41) is 15.1. The first-order valence-electron chi connectivity index (χ1n) is 9.16. The number of para-hydroxylation sites is 1. The first kappa shape index (κ1) is 18.5. The Labute approximate surface area is 167 Å². The number of hydrogen-bond donors (Lipinski definition) is 1. The molecule has 0 bridgehead atoms. The normalized spacial score (nSPS) is 11.0. The van der Waals surface area contributed by atoms with Gasteiger partial charge in [-0.2, -0.15) is 5.10 Å². The third-order valence-corrected chi connectivity index (χ3v) is 4.70. The summed E-state index contributed by atoms with van der Waals surface area (Å²) in [5.41, 5.74) is 5.19. The van der Waals surface area contributed by atoms with Crippen LogP contribution in [-0.4, -0.2) is 36.5 Å². The maximum Gasteiger partial charge on any atom is 0.296 e. The third-order valence-electron chi connectivity index (χ3n) is 4.70. The highest BCUT2D eigenvalue weighted by Gasteiger charge is 2.21. The number of aryl methyl sites for hydroxylation is 3. The predicted molar refractivity (Wildman–Crippen MR) is 109 cm³/mol. The van der Waals surface area contributed by atoms with Gasteiger partial charge in [0.1, 0.15) is 12.2 Å². The minimum Gasteiger partial charge on any atom is -0.316 e. The van der Waals surface area contributed by atoms with E-state index in [1.54, 1.807) is 15.6 Å². The van der Waals surface area contributed by atoms with E-state index in [0.717, 1.165) is 27.7 Å². The van der Waals surface area contributed by atoms with Crippen molar-refractivity contribution in [2.24, 2.45) is 0 Å². The Morgan fingerprint density at radius 3 is 2.55 bits per heavy atom. The van der Waals surface area contributed by atoms with Gasteiger partial charge in [-0.05, 0) is 44.0 Å². The number of Topliss-reactive ketones (excluding diaryl/α,β-unsaturated/α-hetero) is 1. The molecule has 8 nitrogen and oxygen atoms in total. The molecule has 0 aliphatic heterocycles. The summed E-state index contributed by atoms with van der Waals surface area (Å²) in [5.74, 6) is -1.25. The van der Waals surface area contributed by atoms with Gasteiger partial charge in [0.05, 0.1) is 23.6 Å². The van der Waals surface area contributed by atoms with Crippen LogP contribution in [0.25, 0.3) is 11.0 Å². The SMILES string of the molecule is Cc1cc(C)c(C(=O)C(=O)Nc2cnn(Cn3nnc4ccccc43)c2)c(C)c1. The van der Waals surface area contributed by atoms with Crippen LogP contribution in [0.1, 0.15) is 27.0 Å². The molecule has 0 spiro atoms. The number of hydrogen-bond acceptors (Lipinski definition) is 5. The number of rotatable bonds is 5. The molecular formula is C21H20N6O2. The number of fused-ring (bicyclic) bond motifs is 1. The van der Waals surface area contributed by atoms with Crippen LogP contribution < -0.4 is 5.32 Å². The molecular weight excluding hydrogens is 368 g/mol. The Morgan fingerprint density at radius 1 is 1.07 bits per heavy atom. The summed E-state index contributed by atoms with van der Waals surface area (Å²) >= 11 is 0. The second-order valence-corrected chi connectivity index (χ2v) is 7.04. The van der Waals surface area contributed by atoms with Crippen LogP contribution in [0.2, 0.25) is 0 Å². The van der Waals surface area contributed by atoms with E-state index in [0.29, 0.717) is 17.9 Å². The number of anilines is 1. The van der Waals surface area contributed by atoms with Crippen LogP contribution in [0, 0.1) is 20.8 Å². The summed E-state index contributed by atoms with van der Waals surface area (Å²) in [4.78, 5) is 25.1. The molecule has 0 atom stereocenters. The Balaban J connectivity index is 1.49. The maximum atomic E-state index is 12.6. The molecule has 0 fully saturated rings. The van der Waals surface area contributed by atoms with E-state index in [1.165, 1.54) is 6.20 Å². The van der Waals surface area contributed by atoms with E-state index in [-0.39, 0.29) is 0 Å². The lowest BCUT2D eigenvalue weighted by atomic mass is 9.96. The quantitative estimate of drug-likeness (QED) is 0.419. The van der Waals surface area contributed by atoms with Crippen molar-refractivity contribution in [1.29, 1.82) is 0 Å². The van der Waals surface area contributed by atoms with Crippen molar-refractivity contribution in [3.8, 4) is 0 Å². The zero-order valence-electron chi connectivity index (χ0n) is 16.4. The molecule has 0 aliphatic carbocycles. The van der Waals surface area contributed by atoms with Crippen LogP contribution in [0.4, 0.5) is 5.69 Å². The number of benzene rings is 2. The second kappa shape index (κ2) is 7.31. The van der Waals surface area contributed by atoms with Crippen molar-refractivity contribution in [3.05, 3.63) is 71.0 Å². The van der Waals surface area contributed by atoms with Gasteiger partial charge in [0.25, 0.3) is 11.7 Å². The van der Waals surface area contributed by atoms with Crippen molar-refractivity contribution in [2.75, 3.05) is 5.32 Å². The van der Waals surface area contributed by atoms with Crippen LogP contribution >= 0.6 is 0 Å². The molecule has 8 heteroatoms. The van der Waals surface area contributed by atoms with Crippen molar-refractivity contribution in [3.63, 3.8) is 0 Å².